The van der Waals surface area contributed by atoms with Crippen LogP contribution < -0.4 is 14.8 Å². The molecule has 2 atom stereocenters. The maximum absolute atomic E-state index is 14.0. The minimum absolute atomic E-state index is 0.0477. The van der Waals surface area contributed by atoms with Crippen molar-refractivity contribution < 1.29 is 33.8 Å². The number of imide groups is 1. The van der Waals surface area contributed by atoms with Gasteiger partial charge in [-0.2, -0.15) is 0 Å². The lowest BCUT2D eigenvalue weighted by Gasteiger charge is -2.29. The topological polar surface area (TPSA) is 125 Å². The van der Waals surface area contributed by atoms with E-state index in [-0.39, 0.29) is 25.7 Å². The molecule has 0 unspecified atom stereocenters. The van der Waals surface area contributed by atoms with Crippen LogP contribution in [0, 0.1) is 5.92 Å². The lowest BCUT2D eigenvalue weighted by Crippen LogP contribution is -2.52. The third kappa shape index (κ3) is 7.06. The van der Waals surface area contributed by atoms with Crippen molar-refractivity contribution in [2.75, 3.05) is 6.79 Å². The summed E-state index contributed by atoms with van der Waals surface area (Å²) in [6.45, 7) is 7.36. The maximum Gasteiger partial charge on any atom is 0.328 e. The van der Waals surface area contributed by atoms with E-state index in [0.29, 0.717) is 17.1 Å². The van der Waals surface area contributed by atoms with Gasteiger partial charge >= 0.3 is 12.0 Å². The first-order valence-electron chi connectivity index (χ1n) is 15.3. The number of benzene rings is 3. The standard InChI is InChI=1S/C36H39N3O7/c1-23(2)18-29(33(42)37-28(20-32(40)41)27-16-17-30-31(19-27)46-22-45-30)39-34(43)36(3,4)38(35(39)44)21-26-14-12-25(13-15-26)11-10-24-8-6-5-7-9-24/h5-17,19,23,28-29H,18,20-22H2,1-4H3,(H,37,42)(H,40,41)/b11-10+/t28-,29+/m1/s1. The molecular formula is C36H39N3O7. The number of hydrogen-bond donors (Lipinski definition) is 2. The first-order chi connectivity index (χ1) is 21.9. The highest BCUT2D eigenvalue weighted by molar-refractivity contribution is 6.09. The van der Waals surface area contributed by atoms with Crippen molar-refractivity contribution in [1.82, 2.24) is 15.1 Å². The van der Waals surface area contributed by atoms with E-state index >= 15 is 0 Å². The van der Waals surface area contributed by atoms with Crippen LogP contribution in [-0.2, 0) is 20.9 Å². The summed E-state index contributed by atoms with van der Waals surface area (Å²) in [6, 6.07) is 20.0. The second kappa shape index (κ2) is 13.5. The van der Waals surface area contributed by atoms with Gasteiger partial charge in [-0.25, -0.2) is 9.69 Å². The molecule has 4 amide bonds. The number of carboxylic acids is 1. The molecule has 1 saturated heterocycles. The van der Waals surface area contributed by atoms with E-state index in [1.54, 1.807) is 32.0 Å². The number of hydrogen-bond acceptors (Lipinski definition) is 6. The van der Waals surface area contributed by atoms with Crippen LogP contribution in [0.5, 0.6) is 11.5 Å². The summed E-state index contributed by atoms with van der Waals surface area (Å²) in [5.74, 6) is -1.29. The molecule has 46 heavy (non-hydrogen) atoms. The molecule has 0 aliphatic carbocycles. The van der Waals surface area contributed by atoms with E-state index in [0.717, 1.165) is 21.6 Å². The molecule has 2 heterocycles. The molecule has 0 saturated carbocycles. The molecule has 1 fully saturated rings. The molecule has 0 aromatic heterocycles. The van der Waals surface area contributed by atoms with E-state index in [9.17, 15) is 24.3 Å². The molecule has 2 N–H and O–H groups in total. The second-order valence-electron chi connectivity index (χ2n) is 12.5. The Morgan fingerprint density at radius 1 is 0.935 bits per heavy atom. The third-order valence-electron chi connectivity index (χ3n) is 8.25. The van der Waals surface area contributed by atoms with Gasteiger partial charge < -0.3 is 24.8 Å². The van der Waals surface area contributed by atoms with Crippen molar-refractivity contribution in [1.29, 1.82) is 0 Å². The van der Waals surface area contributed by atoms with Crippen molar-refractivity contribution in [2.24, 2.45) is 5.92 Å². The Bertz CT molecular complexity index is 1630. The van der Waals surface area contributed by atoms with Gasteiger partial charge in [0.2, 0.25) is 12.7 Å². The smallest absolute Gasteiger partial charge is 0.328 e. The van der Waals surface area contributed by atoms with E-state index < -0.39 is 47.9 Å². The number of nitrogens with one attached hydrogen (secondary N) is 1. The van der Waals surface area contributed by atoms with Crippen molar-refractivity contribution in [3.63, 3.8) is 0 Å². The zero-order valence-electron chi connectivity index (χ0n) is 26.4. The summed E-state index contributed by atoms with van der Waals surface area (Å²) in [6.07, 6.45) is 3.82. The van der Waals surface area contributed by atoms with Crippen LogP contribution in [-0.4, -0.2) is 57.1 Å². The monoisotopic (exact) mass is 625 g/mol. The Balaban J connectivity index is 1.35. The number of amides is 4. The van der Waals surface area contributed by atoms with Crippen LogP contribution in [0.4, 0.5) is 4.79 Å². The minimum atomic E-state index is -1.21. The van der Waals surface area contributed by atoms with Crippen molar-refractivity contribution in [3.05, 3.63) is 95.1 Å². The zero-order chi connectivity index (χ0) is 33.0. The molecule has 2 aliphatic heterocycles. The van der Waals surface area contributed by atoms with Gasteiger partial charge in [-0.1, -0.05) is 86.7 Å². The molecule has 3 aromatic rings. The Kier molecular flexibility index (Phi) is 9.46. The van der Waals surface area contributed by atoms with Gasteiger partial charge in [-0.3, -0.25) is 14.4 Å². The first-order valence-corrected chi connectivity index (χ1v) is 15.3. The predicted molar refractivity (Wildman–Crippen MR) is 173 cm³/mol. The van der Waals surface area contributed by atoms with E-state index in [2.05, 4.69) is 5.32 Å². The number of aliphatic carboxylic acids is 1. The molecule has 0 bridgehead atoms. The van der Waals surface area contributed by atoms with Gasteiger partial charge in [0.05, 0.1) is 12.5 Å². The summed E-state index contributed by atoms with van der Waals surface area (Å²) in [5.41, 5.74) is 2.20. The Labute approximate surface area is 268 Å². The van der Waals surface area contributed by atoms with Crippen molar-refractivity contribution in [3.8, 4) is 11.5 Å². The van der Waals surface area contributed by atoms with Gasteiger partial charge in [-0.05, 0) is 60.6 Å². The Morgan fingerprint density at radius 3 is 2.24 bits per heavy atom. The Morgan fingerprint density at radius 2 is 1.59 bits per heavy atom. The zero-order valence-corrected chi connectivity index (χ0v) is 26.4. The number of carbonyl (C=O) groups excluding carboxylic acids is 3. The lowest BCUT2D eigenvalue weighted by atomic mass is 9.97. The molecule has 2 aliphatic rings. The van der Waals surface area contributed by atoms with E-state index in [4.69, 9.17) is 9.47 Å². The van der Waals surface area contributed by atoms with Gasteiger partial charge in [0.25, 0.3) is 5.91 Å². The predicted octanol–water partition coefficient (Wildman–Crippen LogP) is 5.88. The van der Waals surface area contributed by atoms with Gasteiger partial charge in [-0.15, -0.1) is 0 Å². The van der Waals surface area contributed by atoms with Crippen LogP contribution in [0.3, 0.4) is 0 Å². The largest absolute Gasteiger partial charge is 0.481 e. The number of urea groups is 1. The fourth-order valence-electron chi connectivity index (χ4n) is 5.68. The van der Waals surface area contributed by atoms with E-state index in [1.807, 2.05) is 80.6 Å². The average Bonchev–Trinajstić information content (AvgIpc) is 3.56. The quantitative estimate of drug-likeness (QED) is 0.190. The maximum atomic E-state index is 14.0. The fourth-order valence-corrected chi connectivity index (χ4v) is 5.68. The highest BCUT2D eigenvalue weighted by Crippen LogP contribution is 2.36. The third-order valence-corrected chi connectivity index (χ3v) is 8.25. The number of fused-ring (bicyclic) bond motifs is 1. The summed E-state index contributed by atoms with van der Waals surface area (Å²) >= 11 is 0. The number of nitrogens with zero attached hydrogens (tertiary/aromatic N) is 2. The van der Waals surface area contributed by atoms with Gasteiger partial charge in [0, 0.05) is 6.54 Å². The van der Waals surface area contributed by atoms with Crippen LogP contribution in [0.15, 0.2) is 72.8 Å². The van der Waals surface area contributed by atoms with Crippen molar-refractivity contribution in [2.45, 2.75) is 64.7 Å². The fraction of sp³-hybridized carbons (Fsp3) is 0.333. The minimum Gasteiger partial charge on any atom is -0.481 e. The van der Waals surface area contributed by atoms with Gasteiger partial charge in [0.15, 0.2) is 11.5 Å². The molecule has 10 heteroatoms. The normalized spacial score (nSPS) is 16.7. The number of rotatable bonds is 12. The number of ether oxygens (including phenoxy) is 2. The van der Waals surface area contributed by atoms with Crippen LogP contribution in [0.1, 0.15) is 68.8 Å². The van der Waals surface area contributed by atoms with E-state index in [1.165, 1.54) is 4.90 Å². The molecule has 5 rings (SSSR count). The lowest BCUT2D eigenvalue weighted by molar-refractivity contribution is -0.140. The summed E-state index contributed by atoms with van der Waals surface area (Å²) in [7, 11) is 0. The molecule has 3 aromatic carbocycles. The van der Waals surface area contributed by atoms with Crippen molar-refractivity contribution >= 4 is 36.0 Å². The molecule has 240 valence electrons. The van der Waals surface area contributed by atoms with Crippen LogP contribution in [0.2, 0.25) is 0 Å². The molecule has 10 nitrogen and oxygen atoms in total. The average molecular weight is 626 g/mol. The highest BCUT2D eigenvalue weighted by atomic mass is 16.7. The first kappa shape index (κ1) is 32.3. The second-order valence-corrected chi connectivity index (χ2v) is 12.5. The Hall–Kier alpha value is -5.12. The molecule has 0 radical (unpaired) electrons. The highest BCUT2D eigenvalue weighted by Gasteiger charge is 2.54. The number of carboxylic acid groups (broad SMARTS) is 1. The summed E-state index contributed by atoms with van der Waals surface area (Å²) < 4.78 is 10.8. The molecular weight excluding hydrogens is 586 g/mol. The molecule has 0 spiro atoms. The SMILES string of the molecule is CC(C)C[C@@H](C(=O)N[C@H](CC(=O)O)c1ccc2c(c1)OCO2)N1C(=O)N(Cc2ccc(/C=C/c3ccccc3)cc2)C(C)(C)C1=O. The van der Waals surface area contributed by atoms with Gasteiger partial charge in [0.1, 0.15) is 11.6 Å². The summed E-state index contributed by atoms with van der Waals surface area (Å²) in [4.78, 5) is 56.0. The number of carbonyl (C=O) groups is 4. The van der Waals surface area contributed by atoms with Crippen LogP contribution >= 0.6 is 0 Å². The summed E-state index contributed by atoms with van der Waals surface area (Å²) in [5, 5.41) is 12.5. The van der Waals surface area contributed by atoms with Crippen LogP contribution in [0.25, 0.3) is 12.2 Å².